The highest BCUT2D eigenvalue weighted by atomic mass is 28.4. The van der Waals surface area contributed by atoms with Gasteiger partial charge in [-0.05, 0) is 21.7 Å². The molecule has 1 rings (SSSR count). The van der Waals surface area contributed by atoms with Crippen LogP contribution in [0.2, 0.25) is 16.1 Å². The monoisotopic (exact) mass is 334 g/mol. The molecular weight excluding hydrogens is 300 g/mol. The van der Waals surface area contributed by atoms with Crippen LogP contribution in [0.3, 0.4) is 0 Å². The van der Waals surface area contributed by atoms with Crippen molar-refractivity contribution in [2.24, 2.45) is 0 Å². The third-order valence-corrected chi connectivity index (χ3v) is 11.4. The molecule has 0 N–H and O–H groups in total. The second kappa shape index (κ2) is 7.76. The molecule has 130 valence electrons. The van der Waals surface area contributed by atoms with E-state index in [-0.39, 0.29) is 10.1 Å². The Labute approximate surface area is 143 Å². The Balaban J connectivity index is 3.30. The van der Waals surface area contributed by atoms with E-state index in [0.29, 0.717) is 0 Å². The van der Waals surface area contributed by atoms with Gasteiger partial charge in [0.15, 0.2) is 6.29 Å². The summed E-state index contributed by atoms with van der Waals surface area (Å²) in [5, 5.41) is 0.132. The highest BCUT2D eigenvalue weighted by molar-refractivity contribution is 6.79. The maximum absolute atomic E-state index is 11.8. The van der Waals surface area contributed by atoms with Crippen molar-refractivity contribution in [1.82, 2.24) is 0 Å². The third kappa shape index (κ3) is 4.54. The summed E-state index contributed by atoms with van der Waals surface area (Å²) in [5.74, 6) is 0. The van der Waals surface area contributed by atoms with Gasteiger partial charge in [0.25, 0.3) is 0 Å². The normalized spacial score (nSPS) is 14.6. The van der Waals surface area contributed by atoms with Crippen LogP contribution in [0.15, 0.2) is 30.3 Å². The van der Waals surface area contributed by atoms with Crippen molar-refractivity contribution in [3.05, 3.63) is 35.9 Å². The van der Waals surface area contributed by atoms with Gasteiger partial charge in [-0.25, -0.2) is 0 Å². The van der Waals surface area contributed by atoms with Crippen molar-refractivity contribution in [3.8, 4) is 0 Å². The first-order chi connectivity index (χ1) is 10.6. The van der Waals surface area contributed by atoms with Crippen LogP contribution >= 0.6 is 0 Å². The molecule has 0 spiro atoms. The number of hydrogen-bond donors (Lipinski definition) is 0. The number of carbonyl (C=O) groups is 1. The molecule has 3 heteroatoms. The van der Waals surface area contributed by atoms with Gasteiger partial charge in [-0.15, -0.1) is 0 Å². The smallest absolute Gasteiger partial charge is 0.204 e. The molecule has 0 unspecified atom stereocenters. The lowest BCUT2D eigenvalue weighted by Crippen LogP contribution is -2.55. The van der Waals surface area contributed by atoms with E-state index in [4.69, 9.17) is 4.43 Å². The number of aldehydes is 1. The Bertz CT molecular complexity index is 469. The van der Waals surface area contributed by atoms with E-state index < -0.39 is 14.4 Å². The van der Waals surface area contributed by atoms with Crippen LogP contribution in [-0.2, 0) is 9.22 Å². The third-order valence-electron chi connectivity index (χ3n) is 4.89. The second-order valence-corrected chi connectivity index (χ2v) is 13.9. The van der Waals surface area contributed by atoms with Gasteiger partial charge in [0, 0.05) is 0 Å². The van der Waals surface area contributed by atoms with Gasteiger partial charge in [-0.1, -0.05) is 91.6 Å². The molecule has 0 aliphatic rings. The zero-order valence-electron chi connectivity index (χ0n) is 16.0. The fraction of sp³-hybridized carbons (Fsp3) is 0.650. The van der Waals surface area contributed by atoms with Crippen molar-refractivity contribution >= 4 is 14.6 Å². The molecule has 0 saturated heterocycles. The molecule has 0 saturated carbocycles. The minimum Gasteiger partial charge on any atom is -0.402 e. The van der Waals surface area contributed by atoms with Crippen LogP contribution in [0.25, 0.3) is 0 Å². The Morgan fingerprint density at radius 2 is 1.57 bits per heavy atom. The summed E-state index contributed by atoms with van der Waals surface area (Å²) in [6.07, 6.45) is 2.82. The summed E-state index contributed by atoms with van der Waals surface area (Å²) < 4.78 is 6.78. The molecule has 0 heterocycles. The van der Waals surface area contributed by atoms with Crippen molar-refractivity contribution in [2.45, 2.75) is 83.5 Å². The minimum absolute atomic E-state index is 0.0659. The van der Waals surface area contributed by atoms with Gasteiger partial charge in [-0.2, -0.15) is 0 Å². The summed E-state index contributed by atoms with van der Waals surface area (Å²) in [6, 6.07) is 11.0. The molecule has 1 aromatic carbocycles. The molecule has 1 atom stereocenters. The Morgan fingerprint density at radius 3 is 1.96 bits per heavy atom. The maximum Gasteiger partial charge on any atom is 0.204 e. The molecule has 0 bridgehead atoms. The number of benzene rings is 1. The summed E-state index contributed by atoms with van der Waals surface area (Å²) in [7, 11) is -2.22. The number of carbonyl (C=O) groups excluding carboxylic acids is 1. The molecule has 0 radical (unpaired) electrons. The Kier molecular flexibility index (Phi) is 6.78. The minimum atomic E-state index is -2.22. The molecule has 0 aliphatic carbocycles. The summed E-state index contributed by atoms with van der Waals surface area (Å²) in [6.45, 7) is 15.9. The quantitative estimate of drug-likeness (QED) is 0.432. The molecule has 0 aromatic heterocycles. The fourth-order valence-electron chi connectivity index (χ4n) is 3.75. The van der Waals surface area contributed by atoms with Crippen LogP contribution in [-0.4, -0.2) is 14.6 Å². The zero-order chi connectivity index (χ0) is 17.7. The molecular formula is C20H34O2Si. The Hall–Kier alpha value is -0.933. The predicted octanol–water partition coefficient (Wildman–Crippen LogP) is 6.29. The largest absolute Gasteiger partial charge is 0.402 e. The molecule has 0 aliphatic heterocycles. The Morgan fingerprint density at radius 1 is 1.04 bits per heavy atom. The number of hydrogen-bond acceptors (Lipinski definition) is 2. The van der Waals surface area contributed by atoms with Crippen molar-refractivity contribution in [3.63, 3.8) is 0 Å². The van der Waals surface area contributed by atoms with Crippen molar-refractivity contribution in [1.29, 1.82) is 0 Å². The topological polar surface area (TPSA) is 26.3 Å². The van der Waals surface area contributed by atoms with Gasteiger partial charge in [0.2, 0.25) is 8.32 Å². The van der Waals surface area contributed by atoms with Crippen LogP contribution in [0, 0.1) is 0 Å². The molecule has 1 aromatic rings. The van der Waals surface area contributed by atoms with E-state index >= 15 is 0 Å². The van der Waals surface area contributed by atoms with Gasteiger partial charge in [0.05, 0.1) is 0 Å². The van der Waals surface area contributed by atoms with Crippen LogP contribution in [0.1, 0.15) is 73.0 Å². The van der Waals surface area contributed by atoms with Gasteiger partial charge >= 0.3 is 0 Å². The maximum atomic E-state index is 11.8. The van der Waals surface area contributed by atoms with Crippen LogP contribution in [0.4, 0.5) is 0 Å². The summed E-state index contributed by atoms with van der Waals surface area (Å²) in [4.78, 5) is 11.8. The van der Waals surface area contributed by atoms with Gasteiger partial charge in [-0.3, -0.25) is 0 Å². The van der Waals surface area contributed by atoms with Gasteiger partial charge < -0.3 is 9.22 Å². The van der Waals surface area contributed by atoms with Crippen LogP contribution in [0.5, 0.6) is 0 Å². The first-order valence-corrected chi connectivity index (χ1v) is 10.9. The highest BCUT2D eigenvalue weighted by Crippen LogP contribution is 2.55. The number of rotatable bonds is 7. The van der Waals surface area contributed by atoms with Crippen molar-refractivity contribution < 1.29 is 9.22 Å². The SMILES string of the molecule is CCCC[Si](O[C@H](C=O)c1ccccc1)(C(C)(C)C)C(C)(C)C. The molecule has 0 fully saturated rings. The lowest BCUT2D eigenvalue weighted by atomic mass is 10.1. The lowest BCUT2D eigenvalue weighted by molar-refractivity contribution is -0.114. The van der Waals surface area contributed by atoms with E-state index in [0.717, 1.165) is 30.7 Å². The second-order valence-electron chi connectivity index (χ2n) is 8.52. The first kappa shape index (κ1) is 20.1. The average molecular weight is 335 g/mol. The predicted molar refractivity (Wildman–Crippen MR) is 101 cm³/mol. The summed E-state index contributed by atoms with van der Waals surface area (Å²) in [5.41, 5.74) is 0.962. The van der Waals surface area contributed by atoms with E-state index in [9.17, 15) is 4.79 Å². The van der Waals surface area contributed by atoms with E-state index in [1.54, 1.807) is 0 Å². The molecule has 23 heavy (non-hydrogen) atoms. The standard InChI is InChI=1S/C20H34O2Si/c1-8-9-15-23(19(2,3)4,20(5,6)7)22-18(16-21)17-13-11-10-12-14-17/h10-14,16,18H,8-9,15H2,1-7H3/t18-/m1/s1. The van der Waals surface area contributed by atoms with E-state index in [1.165, 1.54) is 0 Å². The van der Waals surface area contributed by atoms with E-state index in [1.807, 2.05) is 30.3 Å². The van der Waals surface area contributed by atoms with Crippen LogP contribution < -0.4 is 0 Å². The molecule has 0 amide bonds. The highest BCUT2D eigenvalue weighted by Gasteiger charge is 2.55. The first-order valence-electron chi connectivity index (χ1n) is 8.77. The zero-order valence-corrected chi connectivity index (χ0v) is 17.0. The molecule has 2 nitrogen and oxygen atoms in total. The average Bonchev–Trinajstić information content (AvgIpc) is 2.46. The van der Waals surface area contributed by atoms with E-state index in [2.05, 4.69) is 48.5 Å². The fourth-order valence-corrected chi connectivity index (χ4v) is 9.80. The van der Waals surface area contributed by atoms with Crippen molar-refractivity contribution in [2.75, 3.05) is 0 Å². The van der Waals surface area contributed by atoms with Gasteiger partial charge in [0.1, 0.15) is 6.10 Å². The lowest BCUT2D eigenvalue weighted by Gasteiger charge is -2.52. The summed E-state index contributed by atoms with van der Waals surface area (Å²) >= 11 is 0. The number of unbranched alkanes of at least 4 members (excludes halogenated alkanes) is 1.